The van der Waals surface area contributed by atoms with E-state index in [2.05, 4.69) is 22.8 Å². The van der Waals surface area contributed by atoms with Gasteiger partial charge in [0.15, 0.2) is 0 Å². The van der Waals surface area contributed by atoms with Crippen molar-refractivity contribution in [2.45, 2.75) is 19.6 Å². The molecule has 0 heterocycles. The van der Waals surface area contributed by atoms with Gasteiger partial charge in [-0.1, -0.05) is 60.7 Å². The molecule has 0 aliphatic carbocycles. The Morgan fingerprint density at radius 3 is 2.26 bits per heavy atom. The molecule has 0 aliphatic heterocycles. The van der Waals surface area contributed by atoms with Crippen LogP contribution in [0.5, 0.6) is 0 Å². The maximum atomic E-state index is 11.7. The standard InChI is InChI=1S/C19H24N2O2/c22-19(21-14-17-8-3-1-4-9-17)15-20-12-7-13-23-16-18-10-5-2-6-11-18/h1-6,8-11,20H,7,12-16H2,(H,21,22). The van der Waals surface area contributed by atoms with Gasteiger partial charge in [-0.2, -0.15) is 0 Å². The van der Waals surface area contributed by atoms with Gasteiger partial charge in [0.05, 0.1) is 13.2 Å². The molecule has 0 atom stereocenters. The van der Waals surface area contributed by atoms with E-state index in [0.717, 1.165) is 18.5 Å². The minimum absolute atomic E-state index is 0.0130. The fourth-order valence-corrected chi connectivity index (χ4v) is 2.12. The minimum Gasteiger partial charge on any atom is -0.377 e. The Bertz CT molecular complexity index is 558. The van der Waals surface area contributed by atoms with E-state index in [1.165, 1.54) is 5.56 Å². The van der Waals surface area contributed by atoms with Crippen LogP contribution < -0.4 is 10.6 Å². The number of rotatable bonds is 10. The molecule has 0 spiro atoms. The molecule has 2 rings (SSSR count). The topological polar surface area (TPSA) is 50.4 Å². The van der Waals surface area contributed by atoms with Gasteiger partial charge in [0, 0.05) is 13.2 Å². The van der Waals surface area contributed by atoms with Crippen LogP contribution in [0.4, 0.5) is 0 Å². The van der Waals surface area contributed by atoms with E-state index in [9.17, 15) is 4.79 Å². The summed E-state index contributed by atoms with van der Waals surface area (Å²) in [4.78, 5) is 11.7. The summed E-state index contributed by atoms with van der Waals surface area (Å²) in [6, 6.07) is 20.0. The highest BCUT2D eigenvalue weighted by atomic mass is 16.5. The number of benzene rings is 2. The first-order valence-corrected chi connectivity index (χ1v) is 7.97. The largest absolute Gasteiger partial charge is 0.377 e. The van der Waals surface area contributed by atoms with E-state index in [-0.39, 0.29) is 5.91 Å². The summed E-state index contributed by atoms with van der Waals surface area (Å²) in [6.07, 6.45) is 0.888. The summed E-state index contributed by atoms with van der Waals surface area (Å²) in [5, 5.41) is 6.02. The zero-order chi connectivity index (χ0) is 16.2. The van der Waals surface area contributed by atoms with Crippen LogP contribution in [-0.2, 0) is 22.7 Å². The highest BCUT2D eigenvalue weighted by Crippen LogP contribution is 2.00. The number of nitrogens with one attached hydrogen (secondary N) is 2. The molecule has 0 aliphatic rings. The van der Waals surface area contributed by atoms with Crippen LogP contribution in [0.3, 0.4) is 0 Å². The maximum Gasteiger partial charge on any atom is 0.234 e. The number of ether oxygens (including phenoxy) is 1. The summed E-state index contributed by atoms with van der Waals surface area (Å²) in [7, 11) is 0. The Hall–Kier alpha value is -2.17. The fourth-order valence-electron chi connectivity index (χ4n) is 2.12. The van der Waals surface area contributed by atoms with Gasteiger partial charge in [-0.05, 0) is 24.1 Å². The predicted molar refractivity (Wildman–Crippen MR) is 91.9 cm³/mol. The van der Waals surface area contributed by atoms with Crippen LogP contribution in [0.25, 0.3) is 0 Å². The normalized spacial score (nSPS) is 10.4. The number of hydrogen-bond acceptors (Lipinski definition) is 3. The SMILES string of the molecule is O=C(CNCCCOCc1ccccc1)NCc1ccccc1. The number of carbonyl (C=O) groups is 1. The van der Waals surface area contributed by atoms with Gasteiger partial charge in [-0.15, -0.1) is 0 Å². The first-order chi connectivity index (χ1) is 11.3. The Morgan fingerprint density at radius 2 is 1.57 bits per heavy atom. The number of hydrogen-bond donors (Lipinski definition) is 2. The molecule has 23 heavy (non-hydrogen) atoms. The van der Waals surface area contributed by atoms with Crippen molar-refractivity contribution in [1.82, 2.24) is 10.6 Å². The molecule has 4 nitrogen and oxygen atoms in total. The molecule has 2 aromatic rings. The minimum atomic E-state index is 0.0130. The summed E-state index contributed by atoms with van der Waals surface area (Å²) in [6.45, 7) is 3.01. The fraction of sp³-hybridized carbons (Fsp3) is 0.316. The van der Waals surface area contributed by atoms with Crippen LogP contribution in [0.1, 0.15) is 17.5 Å². The lowest BCUT2D eigenvalue weighted by molar-refractivity contribution is -0.120. The van der Waals surface area contributed by atoms with Gasteiger partial charge in [0.25, 0.3) is 0 Å². The second kappa shape index (κ2) is 10.5. The highest BCUT2D eigenvalue weighted by molar-refractivity contribution is 5.77. The van der Waals surface area contributed by atoms with Crippen LogP contribution in [0.2, 0.25) is 0 Å². The van der Waals surface area contributed by atoms with Crippen molar-refractivity contribution in [1.29, 1.82) is 0 Å². The molecule has 1 amide bonds. The quantitative estimate of drug-likeness (QED) is 0.663. The van der Waals surface area contributed by atoms with Gasteiger partial charge in [-0.3, -0.25) is 4.79 Å². The predicted octanol–water partition coefficient (Wildman–Crippen LogP) is 2.50. The second-order valence-corrected chi connectivity index (χ2v) is 5.33. The summed E-state index contributed by atoms with van der Waals surface area (Å²) in [5.74, 6) is 0.0130. The molecule has 2 aromatic carbocycles. The molecule has 0 bridgehead atoms. The zero-order valence-electron chi connectivity index (χ0n) is 13.3. The van der Waals surface area contributed by atoms with Gasteiger partial charge < -0.3 is 15.4 Å². The smallest absolute Gasteiger partial charge is 0.234 e. The highest BCUT2D eigenvalue weighted by Gasteiger charge is 2.00. The summed E-state index contributed by atoms with van der Waals surface area (Å²) < 4.78 is 5.59. The van der Waals surface area contributed by atoms with Crippen molar-refractivity contribution < 1.29 is 9.53 Å². The molecule has 0 aromatic heterocycles. The van der Waals surface area contributed by atoms with Crippen molar-refractivity contribution in [3.8, 4) is 0 Å². The van der Waals surface area contributed by atoms with E-state index in [0.29, 0.717) is 26.3 Å². The lowest BCUT2D eigenvalue weighted by Gasteiger charge is -2.07. The van der Waals surface area contributed by atoms with Crippen molar-refractivity contribution in [3.63, 3.8) is 0 Å². The van der Waals surface area contributed by atoms with E-state index < -0.39 is 0 Å². The molecule has 0 saturated heterocycles. The maximum absolute atomic E-state index is 11.7. The summed E-state index contributed by atoms with van der Waals surface area (Å²) in [5.41, 5.74) is 2.29. The van der Waals surface area contributed by atoms with Crippen molar-refractivity contribution in [2.24, 2.45) is 0 Å². The van der Waals surface area contributed by atoms with E-state index in [1.807, 2.05) is 48.5 Å². The Labute approximate surface area is 137 Å². The number of amides is 1. The molecular formula is C19H24N2O2. The zero-order valence-corrected chi connectivity index (χ0v) is 13.3. The van der Waals surface area contributed by atoms with Crippen molar-refractivity contribution in [2.75, 3.05) is 19.7 Å². The Balaban J connectivity index is 1.45. The van der Waals surface area contributed by atoms with Gasteiger partial charge in [-0.25, -0.2) is 0 Å². The molecule has 0 saturated carbocycles. The lowest BCUT2D eigenvalue weighted by Crippen LogP contribution is -2.34. The first kappa shape index (κ1) is 17.2. The second-order valence-electron chi connectivity index (χ2n) is 5.33. The molecule has 0 unspecified atom stereocenters. The van der Waals surface area contributed by atoms with Gasteiger partial charge in [0.1, 0.15) is 0 Å². The molecule has 4 heteroatoms. The van der Waals surface area contributed by atoms with Crippen molar-refractivity contribution >= 4 is 5.91 Å². The third kappa shape index (κ3) is 7.58. The average molecular weight is 312 g/mol. The van der Waals surface area contributed by atoms with E-state index in [1.54, 1.807) is 0 Å². The third-order valence-corrected chi connectivity index (χ3v) is 3.37. The van der Waals surface area contributed by atoms with Crippen LogP contribution in [0, 0.1) is 0 Å². The van der Waals surface area contributed by atoms with Crippen molar-refractivity contribution in [3.05, 3.63) is 71.8 Å². The number of carbonyl (C=O) groups excluding carboxylic acids is 1. The third-order valence-electron chi connectivity index (χ3n) is 3.37. The monoisotopic (exact) mass is 312 g/mol. The average Bonchev–Trinajstić information content (AvgIpc) is 2.61. The molecule has 2 N–H and O–H groups in total. The molecule has 0 radical (unpaired) electrons. The first-order valence-electron chi connectivity index (χ1n) is 7.97. The van der Waals surface area contributed by atoms with Crippen LogP contribution in [0.15, 0.2) is 60.7 Å². The van der Waals surface area contributed by atoms with Crippen LogP contribution in [-0.4, -0.2) is 25.6 Å². The van der Waals surface area contributed by atoms with Gasteiger partial charge in [0.2, 0.25) is 5.91 Å². The molecular weight excluding hydrogens is 288 g/mol. The Kier molecular flexibility index (Phi) is 7.88. The van der Waals surface area contributed by atoms with Gasteiger partial charge >= 0.3 is 0 Å². The van der Waals surface area contributed by atoms with Crippen LogP contribution >= 0.6 is 0 Å². The molecule has 0 fully saturated rings. The van der Waals surface area contributed by atoms with E-state index in [4.69, 9.17) is 4.74 Å². The molecule has 122 valence electrons. The Morgan fingerprint density at radius 1 is 0.913 bits per heavy atom. The van der Waals surface area contributed by atoms with E-state index >= 15 is 0 Å². The summed E-state index contributed by atoms with van der Waals surface area (Å²) >= 11 is 0. The lowest BCUT2D eigenvalue weighted by atomic mass is 10.2.